The third kappa shape index (κ3) is 1.91. The molecule has 0 amide bonds. The van der Waals surface area contributed by atoms with Crippen molar-refractivity contribution < 1.29 is 9.84 Å². The number of aryl methyl sites for hydroxylation is 1. The quantitative estimate of drug-likeness (QED) is 0.858. The molecule has 0 aliphatic carbocycles. The molecule has 3 heteroatoms. The SMILES string of the molecule is CCOCc1cc2cc(O)ccc2n1CC. The molecule has 0 saturated carbocycles. The van der Waals surface area contributed by atoms with Crippen LogP contribution in [0.3, 0.4) is 0 Å². The van der Waals surface area contributed by atoms with E-state index in [1.165, 1.54) is 0 Å². The first-order valence-electron chi connectivity index (χ1n) is 5.65. The summed E-state index contributed by atoms with van der Waals surface area (Å²) in [5.74, 6) is 0.309. The molecule has 0 radical (unpaired) electrons. The molecule has 0 fully saturated rings. The maximum Gasteiger partial charge on any atom is 0.116 e. The Kier molecular flexibility index (Phi) is 3.15. The van der Waals surface area contributed by atoms with E-state index in [9.17, 15) is 5.11 Å². The molecule has 0 aliphatic rings. The summed E-state index contributed by atoms with van der Waals surface area (Å²) in [7, 11) is 0. The maximum absolute atomic E-state index is 9.44. The van der Waals surface area contributed by atoms with E-state index >= 15 is 0 Å². The van der Waals surface area contributed by atoms with Crippen LogP contribution in [0.1, 0.15) is 19.5 Å². The number of hydrogen-bond donors (Lipinski definition) is 1. The molecule has 0 spiro atoms. The molecule has 2 aromatic rings. The van der Waals surface area contributed by atoms with Crippen LogP contribution in [0.2, 0.25) is 0 Å². The molecule has 1 aromatic heterocycles. The van der Waals surface area contributed by atoms with Gasteiger partial charge in [-0.3, -0.25) is 0 Å². The Labute approximate surface area is 95.3 Å². The molecule has 0 aliphatic heterocycles. The Morgan fingerprint density at radius 1 is 1.25 bits per heavy atom. The number of aromatic hydroxyl groups is 1. The highest BCUT2D eigenvalue weighted by Gasteiger charge is 2.07. The van der Waals surface area contributed by atoms with Crippen molar-refractivity contribution in [1.29, 1.82) is 0 Å². The smallest absolute Gasteiger partial charge is 0.116 e. The molecule has 0 saturated heterocycles. The molecule has 86 valence electrons. The van der Waals surface area contributed by atoms with E-state index < -0.39 is 0 Å². The van der Waals surface area contributed by atoms with Crippen LogP contribution in [-0.4, -0.2) is 16.3 Å². The van der Waals surface area contributed by atoms with E-state index in [4.69, 9.17) is 4.74 Å². The van der Waals surface area contributed by atoms with Crippen molar-refractivity contribution in [2.45, 2.75) is 27.0 Å². The summed E-state index contributed by atoms with van der Waals surface area (Å²) >= 11 is 0. The summed E-state index contributed by atoms with van der Waals surface area (Å²) in [5.41, 5.74) is 2.31. The van der Waals surface area contributed by atoms with Gasteiger partial charge in [0.15, 0.2) is 0 Å². The zero-order valence-corrected chi connectivity index (χ0v) is 9.73. The number of phenolic OH excluding ortho intramolecular Hbond substituents is 1. The number of nitrogens with zero attached hydrogens (tertiary/aromatic N) is 1. The van der Waals surface area contributed by atoms with Crippen LogP contribution in [0.25, 0.3) is 10.9 Å². The number of fused-ring (bicyclic) bond motifs is 1. The van der Waals surface area contributed by atoms with Gasteiger partial charge in [-0.2, -0.15) is 0 Å². The lowest BCUT2D eigenvalue weighted by molar-refractivity contribution is 0.129. The highest BCUT2D eigenvalue weighted by atomic mass is 16.5. The Bertz CT molecular complexity index is 488. The molecule has 1 N–H and O–H groups in total. The first kappa shape index (κ1) is 11.0. The monoisotopic (exact) mass is 219 g/mol. The van der Waals surface area contributed by atoms with Crippen LogP contribution >= 0.6 is 0 Å². The first-order valence-corrected chi connectivity index (χ1v) is 5.65. The van der Waals surface area contributed by atoms with Gasteiger partial charge >= 0.3 is 0 Å². The lowest BCUT2D eigenvalue weighted by Gasteiger charge is -2.07. The van der Waals surface area contributed by atoms with Crippen molar-refractivity contribution >= 4 is 10.9 Å². The average molecular weight is 219 g/mol. The molecule has 1 heterocycles. The predicted molar refractivity (Wildman–Crippen MR) is 64.6 cm³/mol. The van der Waals surface area contributed by atoms with Crippen LogP contribution in [0, 0.1) is 0 Å². The number of phenols is 1. The summed E-state index contributed by atoms with van der Waals surface area (Å²) in [6.45, 7) is 6.36. The van der Waals surface area contributed by atoms with Crippen LogP contribution in [0.15, 0.2) is 24.3 Å². The van der Waals surface area contributed by atoms with Crippen molar-refractivity contribution in [2.24, 2.45) is 0 Å². The zero-order valence-electron chi connectivity index (χ0n) is 9.73. The minimum Gasteiger partial charge on any atom is -0.508 e. The van der Waals surface area contributed by atoms with E-state index in [0.29, 0.717) is 12.4 Å². The van der Waals surface area contributed by atoms with Gasteiger partial charge in [-0.05, 0) is 38.1 Å². The fourth-order valence-electron chi connectivity index (χ4n) is 2.02. The molecular formula is C13H17NO2. The Balaban J connectivity index is 2.48. The van der Waals surface area contributed by atoms with Gasteiger partial charge in [0.2, 0.25) is 0 Å². The molecule has 16 heavy (non-hydrogen) atoms. The van der Waals surface area contributed by atoms with E-state index in [0.717, 1.165) is 29.7 Å². The topological polar surface area (TPSA) is 34.4 Å². The predicted octanol–water partition coefficient (Wildman–Crippen LogP) is 2.90. The molecule has 3 nitrogen and oxygen atoms in total. The van der Waals surface area contributed by atoms with E-state index in [1.54, 1.807) is 12.1 Å². The summed E-state index contributed by atoms with van der Waals surface area (Å²) < 4.78 is 7.65. The highest BCUT2D eigenvalue weighted by molar-refractivity contribution is 5.82. The van der Waals surface area contributed by atoms with Gasteiger partial charge < -0.3 is 14.4 Å². The standard InChI is InChI=1S/C13H17NO2/c1-3-14-11(9-16-4-2)7-10-8-12(15)5-6-13(10)14/h5-8,15H,3-4,9H2,1-2H3. The average Bonchev–Trinajstić information content (AvgIpc) is 2.62. The van der Waals surface area contributed by atoms with E-state index in [1.807, 2.05) is 13.0 Å². The van der Waals surface area contributed by atoms with E-state index in [2.05, 4.69) is 17.6 Å². The number of benzene rings is 1. The second-order valence-corrected chi connectivity index (χ2v) is 3.76. The number of rotatable bonds is 4. The molecule has 1 aromatic carbocycles. The summed E-state index contributed by atoms with van der Waals surface area (Å²) in [6, 6.07) is 7.54. The molecule has 0 atom stereocenters. The third-order valence-electron chi connectivity index (χ3n) is 2.74. The minimum atomic E-state index is 0.309. The van der Waals surface area contributed by atoms with Gasteiger partial charge in [0.05, 0.1) is 6.61 Å². The van der Waals surface area contributed by atoms with E-state index in [-0.39, 0.29) is 0 Å². The van der Waals surface area contributed by atoms with Crippen LogP contribution < -0.4 is 0 Å². The highest BCUT2D eigenvalue weighted by Crippen LogP contribution is 2.24. The lowest BCUT2D eigenvalue weighted by atomic mass is 10.2. The van der Waals surface area contributed by atoms with Crippen LogP contribution in [0.4, 0.5) is 0 Å². The van der Waals surface area contributed by atoms with Gasteiger partial charge in [0, 0.05) is 29.7 Å². The zero-order chi connectivity index (χ0) is 11.5. The summed E-state index contributed by atoms with van der Waals surface area (Å²) in [4.78, 5) is 0. The number of hydrogen-bond acceptors (Lipinski definition) is 2. The number of aromatic nitrogens is 1. The van der Waals surface area contributed by atoms with Crippen LogP contribution in [-0.2, 0) is 17.9 Å². The normalized spacial score (nSPS) is 11.1. The van der Waals surface area contributed by atoms with Gasteiger partial charge in [0.1, 0.15) is 5.75 Å². The van der Waals surface area contributed by atoms with Gasteiger partial charge in [0.25, 0.3) is 0 Å². The van der Waals surface area contributed by atoms with Gasteiger partial charge in [-0.1, -0.05) is 0 Å². The number of ether oxygens (including phenoxy) is 1. The third-order valence-corrected chi connectivity index (χ3v) is 2.74. The summed E-state index contributed by atoms with van der Waals surface area (Å²) in [6.07, 6.45) is 0. The largest absolute Gasteiger partial charge is 0.508 e. The fraction of sp³-hybridized carbons (Fsp3) is 0.385. The van der Waals surface area contributed by atoms with Gasteiger partial charge in [-0.25, -0.2) is 0 Å². The molecular weight excluding hydrogens is 202 g/mol. The molecule has 2 rings (SSSR count). The Morgan fingerprint density at radius 3 is 2.75 bits per heavy atom. The van der Waals surface area contributed by atoms with Crippen LogP contribution in [0.5, 0.6) is 5.75 Å². The van der Waals surface area contributed by atoms with Crippen molar-refractivity contribution in [1.82, 2.24) is 4.57 Å². The molecule has 0 unspecified atom stereocenters. The second kappa shape index (κ2) is 4.58. The van der Waals surface area contributed by atoms with Gasteiger partial charge in [-0.15, -0.1) is 0 Å². The van der Waals surface area contributed by atoms with Crippen molar-refractivity contribution in [3.05, 3.63) is 30.0 Å². The summed E-state index contributed by atoms with van der Waals surface area (Å²) in [5, 5.41) is 10.5. The Morgan fingerprint density at radius 2 is 2.06 bits per heavy atom. The van der Waals surface area contributed by atoms with Crippen molar-refractivity contribution in [3.63, 3.8) is 0 Å². The Hall–Kier alpha value is -1.48. The first-order chi connectivity index (χ1) is 7.76. The minimum absolute atomic E-state index is 0.309. The lowest BCUT2D eigenvalue weighted by Crippen LogP contribution is -2.02. The maximum atomic E-state index is 9.44. The second-order valence-electron chi connectivity index (χ2n) is 3.76. The van der Waals surface area contributed by atoms with Crippen molar-refractivity contribution in [3.8, 4) is 5.75 Å². The molecule has 0 bridgehead atoms. The fourth-order valence-corrected chi connectivity index (χ4v) is 2.02. The van der Waals surface area contributed by atoms with Crippen molar-refractivity contribution in [2.75, 3.05) is 6.61 Å².